The average Bonchev–Trinajstić information content (AvgIpc) is 2.83. The number of benzene rings is 2. The van der Waals surface area contributed by atoms with Crippen molar-refractivity contribution in [3.63, 3.8) is 0 Å². The van der Waals surface area contributed by atoms with Gasteiger partial charge in [0.15, 0.2) is 17.3 Å². The van der Waals surface area contributed by atoms with Gasteiger partial charge in [0.05, 0.1) is 30.6 Å². The van der Waals surface area contributed by atoms with Gasteiger partial charge in [0, 0.05) is 11.1 Å². The first-order valence-electron chi connectivity index (χ1n) is 12.3. The molecule has 0 aliphatic rings. The van der Waals surface area contributed by atoms with Crippen LogP contribution in [0.15, 0.2) is 36.4 Å². The highest BCUT2D eigenvalue weighted by Crippen LogP contribution is 2.51. The summed E-state index contributed by atoms with van der Waals surface area (Å²) in [4.78, 5) is 38.8. The standard InChI is InChI=1S/C30H38O7/c1-10-14-20-23(34-8)21(17-18-22(31)19-15-12-11-13-16-19)24(35-9)26(37-28(33)30(5,6)7)25(20)36-27(32)29(2,3)4/h11-13,15-18H,10,14H2,1-9H3. The fraction of sp³-hybridized carbons (Fsp3) is 0.433. The number of hydrogen-bond acceptors (Lipinski definition) is 7. The molecule has 0 saturated heterocycles. The van der Waals surface area contributed by atoms with Gasteiger partial charge in [-0.15, -0.1) is 0 Å². The van der Waals surface area contributed by atoms with Crippen LogP contribution in [0.5, 0.6) is 23.0 Å². The van der Waals surface area contributed by atoms with Gasteiger partial charge in [-0.05, 0) is 60.1 Å². The number of rotatable bonds is 9. The van der Waals surface area contributed by atoms with Gasteiger partial charge in [-0.3, -0.25) is 14.4 Å². The van der Waals surface area contributed by atoms with Gasteiger partial charge in [-0.2, -0.15) is 0 Å². The van der Waals surface area contributed by atoms with Gasteiger partial charge in [-0.1, -0.05) is 43.7 Å². The molecule has 0 aromatic heterocycles. The molecule has 0 aliphatic heterocycles. The molecule has 0 atom stereocenters. The van der Waals surface area contributed by atoms with Crippen molar-refractivity contribution >= 4 is 23.8 Å². The molecule has 0 heterocycles. The number of carbonyl (C=O) groups excluding carboxylic acids is 3. The van der Waals surface area contributed by atoms with E-state index < -0.39 is 22.8 Å². The van der Waals surface area contributed by atoms with Crippen LogP contribution in [-0.2, 0) is 16.0 Å². The maximum atomic E-state index is 13.0. The lowest BCUT2D eigenvalue weighted by Crippen LogP contribution is -2.28. The van der Waals surface area contributed by atoms with E-state index in [2.05, 4.69) is 0 Å². The van der Waals surface area contributed by atoms with E-state index in [1.807, 2.05) is 13.0 Å². The first kappa shape index (κ1) is 29.6. The number of ether oxygens (including phenoxy) is 4. The van der Waals surface area contributed by atoms with E-state index in [-0.39, 0.29) is 23.0 Å². The van der Waals surface area contributed by atoms with Crippen LogP contribution in [-0.4, -0.2) is 31.9 Å². The molecule has 0 amide bonds. The summed E-state index contributed by atoms with van der Waals surface area (Å²) in [5.41, 5.74) is -0.228. The molecule has 0 unspecified atom stereocenters. The highest BCUT2D eigenvalue weighted by atomic mass is 16.6. The molecule has 7 nitrogen and oxygen atoms in total. The Morgan fingerprint density at radius 3 is 1.73 bits per heavy atom. The topological polar surface area (TPSA) is 88.1 Å². The zero-order chi connectivity index (χ0) is 28.0. The van der Waals surface area contributed by atoms with Crippen molar-refractivity contribution in [3.8, 4) is 23.0 Å². The summed E-state index contributed by atoms with van der Waals surface area (Å²) in [6.07, 6.45) is 4.10. The van der Waals surface area contributed by atoms with E-state index in [1.54, 1.807) is 71.9 Å². The fourth-order valence-electron chi connectivity index (χ4n) is 3.35. The minimum atomic E-state index is -0.847. The Morgan fingerprint density at radius 1 is 0.757 bits per heavy atom. The molecule has 0 bridgehead atoms. The Morgan fingerprint density at radius 2 is 1.27 bits per heavy atom. The third-order valence-electron chi connectivity index (χ3n) is 5.43. The summed E-state index contributed by atoms with van der Waals surface area (Å²) >= 11 is 0. The van der Waals surface area contributed by atoms with Crippen molar-refractivity contribution in [3.05, 3.63) is 53.1 Å². The average molecular weight is 511 g/mol. The number of hydrogen-bond donors (Lipinski definition) is 0. The van der Waals surface area contributed by atoms with Crippen LogP contribution in [0.2, 0.25) is 0 Å². The fourth-order valence-corrected chi connectivity index (χ4v) is 3.35. The van der Waals surface area contributed by atoms with Crippen molar-refractivity contribution < 1.29 is 33.3 Å². The number of esters is 2. The first-order valence-corrected chi connectivity index (χ1v) is 12.3. The smallest absolute Gasteiger partial charge is 0.316 e. The molecule has 2 aromatic rings. The molecule has 2 aromatic carbocycles. The molecule has 200 valence electrons. The summed E-state index contributed by atoms with van der Waals surface area (Å²) < 4.78 is 23.2. The largest absolute Gasteiger partial charge is 0.496 e. The normalized spacial score (nSPS) is 11.8. The minimum absolute atomic E-state index is 0.0314. The lowest BCUT2D eigenvalue weighted by Gasteiger charge is -2.26. The third kappa shape index (κ3) is 7.21. The second kappa shape index (κ2) is 12.1. The minimum Gasteiger partial charge on any atom is -0.496 e. The lowest BCUT2D eigenvalue weighted by atomic mass is 9.96. The molecular formula is C30H38O7. The molecule has 37 heavy (non-hydrogen) atoms. The second-order valence-electron chi connectivity index (χ2n) is 10.7. The Kier molecular flexibility index (Phi) is 9.67. The highest BCUT2D eigenvalue weighted by molar-refractivity contribution is 6.07. The molecule has 0 aliphatic carbocycles. The Balaban J connectivity index is 2.87. The summed E-state index contributed by atoms with van der Waals surface area (Å²) in [5, 5.41) is 0. The van der Waals surface area contributed by atoms with E-state index in [9.17, 15) is 14.4 Å². The molecular weight excluding hydrogens is 472 g/mol. The van der Waals surface area contributed by atoms with E-state index in [4.69, 9.17) is 18.9 Å². The predicted octanol–water partition coefficient (Wildman–Crippen LogP) is 6.46. The summed E-state index contributed by atoms with van der Waals surface area (Å²) in [5.74, 6) is -0.758. The molecule has 0 spiro atoms. The van der Waals surface area contributed by atoms with Gasteiger partial charge in [0.1, 0.15) is 5.75 Å². The monoisotopic (exact) mass is 510 g/mol. The molecule has 0 fully saturated rings. The number of methoxy groups -OCH3 is 2. The van der Waals surface area contributed by atoms with Crippen LogP contribution in [0.25, 0.3) is 6.08 Å². The molecule has 0 radical (unpaired) electrons. The zero-order valence-electron chi connectivity index (χ0n) is 23.3. The van der Waals surface area contributed by atoms with E-state index >= 15 is 0 Å². The van der Waals surface area contributed by atoms with Crippen molar-refractivity contribution in [2.24, 2.45) is 10.8 Å². The Hall–Kier alpha value is -3.61. The van der Waals surface area contributed by atoms with Gasteiger partial charge in [0.25, 0.3) is 0 Å². The van der Waals surface area contributed by atoms with Crippen LogP contribution in [0.1, 0.15) is 76.4 Å². The second-order valence-corrected chi connectivity index (χ2v) is 10.7. The highest BCUT2D eigenvalue weighted by Gasteiger charge is 2.34. The van der Waals surface area contributed by atoms with Crippen molar-refractivity contribution in [1.82, 2.24) is 0 Å². The Bertz CT molecular complexity index is 1160. The lowest BCUT2D eigenvalue weighted by molar-refractivity contribution is -0.145. The first-order chi connectivity index (χ1) is 17.3. The van der Waals surface area contributed by atoms with E-state index in [1.165, 1.54) is 20.3 Å². The molecule has 0 N–H and O–H groups in total. The van der Waals surface area contributed by atoms with Crippen molar-refractivity contribution in [2.45, 2.75) is 61.3 Å². The zero-order valence-corrected chi connectivity index (χ0v) is 23.3. The summed E-state index contributed by atoms with van der Waals surface area (Å²) in [6, 6.07) is 8.83. The molecule has 7 heteroatoms. The van der Waals surface area contributed by atoms with E-state index in [0.717, 1.165) is 0 Å². The SMILES string of the molecule is CCCc1c(OC)c(C=CC(=O)c2ccccc2)c(OC)c(OC(=O)C(C)(C)C)c1OC(=O)C(C)(C)C. The van der Waals surface area contributed by atoms with Gasteiger partial charge in [0.2, 0.25) is 5.75 Å². The van der Waals surface area contributed by atoms with Crippen molar-refractivity contribution in [1.29, 1.82) is 0 Å². The van der Waals surface area contributed by atoms with Crippen LogP contribution < -0.4 is 18.9 Å². The predicted molar refractivity (Wildman–Crippen MR) is 144 cm³/mol. The van der Waals surface area contributed by atoms with Crippen LogP contribution in [0, 0.1) is 10.8 Å². The van der Waals surface area contributed by atoms with E-state index in [0.29, 0.717) is 35.3 Å². The van der Waals surface area contributed by atoms with Crippen LogP contribution in [0.4, 0.5) is 0 Å². The quantitative estimate of drug-likeness (QED) is 0.166. The summed E-state index contributed by atoms with van der Waals surface area (Å²) in [6.45, 7) is 12.3. The van der Waals surface area contributed by atoms with Crippen molar-refractivity contribution in [2.75, 3.05) is 14.2 Å². The third-order valence-corrected chi connectivity index (χ3v) is 5.43. The maximum Gasteiger partial charge on any atom is 0.316 e. The van der Waals surface area contributed by atoms with Gasteiger partial charge in [-0.25, -0.2) is 0 Å². The molecule has 2 rings (SSSR count). The Labute approximate surface area is 219 Å². The van der Waals surface area contributed by atoms with Gasteiger partial charge >= 0.3 is 11.9 Å². The van der Waals surface area contributed by atoms with Gasteiger partial charge < -0.3 is 18.9 Å². The number of ketones is 1. The number of allylic oxidation sites excluding steroid dienone is 1. The number of carbonyl (C=O) groups is 3. The summed E-state index contributed by atoms with van der Waals surface area (Å²) in [7, 11) is 2.90. The maximum absolute atomic E-state index is 13.0. The van der Waals surface area contributed by atoms with Crippen LogP contribution in [0.3, 0.4) is 0 Å². The van der Waals surface area contributed by atoms with Crippen LogP contribution >= 0.6 is 0 Å². The molecule has 0 saturated carbocycles.